The molecule has 6 nitrogen and oxygen atoms in total. The first-order chi connectivity index (χ1) is 6.62. The third-order valence-electron chi connectivity index (χ3n) is 1.83. The van der Waals surface area contributed by atoms with Crippen molar-refractivity contribution in [1.82, 2.24) is 4.72 Å². The Balaban J connectivity index is 3.80. The van der Waals surface area contributed by atoms with Crippen LogP contribution in [-0.4, -0.2) is 57.7 Å². The van der Waals surface area contributed by atoms with Crippen molar-refractivity contribution < 1.29 is 22.8 Å². The van der Waals surface area contributed by atoms with Gasteiger partial charge in [0.15, 0.2) is 0 Å². The van der Waals surface area contributed by atoms with Gasteiger partial charge in [-0.1, -0.05) is 0 Å². The Labute approximate surface area is 85.2 Å². The fraction of sp³-hybridized carbons (Fsp3) is 0.857. The van der Waals surface area contributed by atoms with Gasteiger partial charge in [-0.25, -0.2) is 0 Å². The number of likely N-dealkylation sites (N-methyl/N-ethyl adjacent to an activating group) is 1. The Morgan fingerprint density at radius 1 is 1.47 bits per heavy atom. The van der Waals surface area contributed by atoms with Crippen LogP contribution in [0, 0.1) is 0 Å². The van der Waals surface area contributed by atoms with Gasteiger partial charge in [-0.2, -0.15) is 0 Å². The first kappa shape index (κ1) is 13.3. The summed E-state index contributed by atoms with van der Waals surface area (Å²) in [5, 5.41) is 8.62. The van der Waals surface area contributed by atoms with E-state index in [-0.39, 0.29) is 6.54 Å². The van der Waals surface area contributed by atoms with Crippen LogP contribution in [-0.2, 0) is 15.7 Å². The van der Waals surface area contributed by atoms with Gasteiger partial charge in [0.1, 0.15) is 0 Å². The van der Waals surface area contributed by atoms with E-state index in [1.165, 1.54) is 0 Å². The molecular weight excluding hydrogens is 475 g/mol. The Bertz CT molecular complexity index is 315. The normalized spacial score (nSPS) is 12.8. The fourth-order valence-electron chi connectivity index (χ4n) is 1.18. The summed E-state index contributed by atoms with van der Waals surface area (Å²) in [5.41, 5.74) is 0. The molecule has 0 saturated heterocycles. The van der Waals surface area contributed by atoms with Crippen molar-refractivity contribution in [3.8, 4) is 0 Å². The zero-order valence-electron chi connectivity index (χ0n) is 9.06. The molecule has 0 fully saturated rings. The van der Waals surface area contributed by atoms with Crippen molar-refractivity contribution in [1.29, 1.82) is 0 Å². The molecule has 15 heavy (non-hydrogen) atoms. The summed E-state index contributed by atoms with van der Waals surface area (Å²) in [7, 11) is 0.697. The molecule has 0 radical (unpaired) electrons. The minimum absolute atomic E-state index is 0.0536. The molecule has 0 amide bonds. The van der Waals surface area contributed by atoms with E-state index in [0.29, 0.717) is 24.0 Å². The van der Waals surface area contributed by atoms with Crippen molar-refractivity contribution in [2.24, 2.45) is 0 Å². The molecule has 0 aliphatic carbocycles. The van der Waals surface area contributed by atoms with E-state index in [0.717, 1.165) is 0 Å². The van der Waals surface area contributed by atoms with Crippen LogP contribution in [0.1, 0.15) is 6.42 Å². The van der Waals surface area contributed by atoms with Crippen LogP contribution in [0.25, 0.3) is 0 Å². The van der Waals surface area contributed by atoms with E-state index < -0.39 is 16.9 Å². The van der Waals surface area contributed by atoms with Crippen LogP contribution < -0.4 is 4.72 Å². The number of aliphatic carboxylic acids is 1. The molecule has 85 valence electrons. The molecule has 0 bridgehead atoms. The first-order valence-electron chi connectivity index (χ1n) is 4.49. The number of nitrogens with zero attached hydrogens (tertiary/aromatic N) is 1. The topological polar surface area (TPSA) is 83.5 Å². The van der Waals surface area contributed by atoms with Crippen LogP contribution in [0.5, 0.6) is 0 Å². The summed E-state index contributed by atoms with van der Waals surface area (Å²) in [6.07, 6.45) is 0.652. The monoisotopic (exact) mass is 491 g/mol. The average molecular weight is 491 g/mol. The fourth-order valence-corrected chi connectivity index (χ4v) is 3.59. The average Bonchev–Trinajstić information content (AvgIpc) is 1.93. The Hall–Kier alpha value is -1.66. The van der Waals surface area contributed by atoms with Gasteiger partial charge in [0, 0.05) is 0 Å². The third kappa shape index (κ3) is 8.66. The molecule has 0 atom stereocenters. The SMILES string of the molecule is C[N+](C)(CCCN[S](=O)(=O)[Rf])CC(=O)O. The van der Waals surface area contributed by atoms with Gasteiger partial charge in [-0.3, -0.25) is 0 Å². The van der Waals surface area contributed by atoms with Crippen LogP contribution in [0.2, 0.25) is 0 Å². The number of rotatable bonds is 7. The minimum atomic E-state index is -2.93. The van der Waals surface area contributed by atoms with Crippen molar-refractivity contribution >= 4 is 16.9 Å². The number of carboxylic acids is 1. The van der Waals surface area contributed by atoms with Gasteiger partial charge in [-0.15, -0.1) is 0 Å². The number of hydrogen-bond donors (Lipinski definition) is 2. The molecule has 0 spiro atoms. The molecule has 0 aliphatic rings. The second-order valence-electron chi connectivity index (χ2n) is 4.07. The molecule has 8 heteroatoms. The van der Waals surface area contributed by atoms with Gasteiger partial charge >= 0.3 is 84.5 Å². The number of carboxylic acid groups (broad SMARTS) is 1. The van der Waals surface area contributed by atoms with E-state index in [2.05, 4.69) is 4.72 Å². The van der Waals surface area contributed by atoms with Gasteiger partial charge in [-0.05, 0) is 0 Å². The van der Waals surface area contributed by atoms with E-state index in [9.17, 15) is 13.2 Å². The quantitative estimate of drug-likeness (QED) is 0.351. The predicted octanol–water partition coefficient (Wildman–Crippen LogP) is -1.08. The van der Waals surface area contributed by atoms with Gasteiger partial charge < -0.3 is 0 Å². The van der Waals surface area contributed by atoms with E-state index in [1.807, 2.05) is 14.1 Å². The summed E-state index contributed by atoms with van der Waals surface area (Å²) < 4.78 is 24.0. The predicted molar refractivity (Wildman–Crippen MR) is 51.0 cm³/mol. The molecule has 0 aromatic rings. The zero-order chi connectivity index (χ0) is 12.1. The van der Waals surface area contributed by atoms with Crippen LogP contribution in [0.3, 0.4) is 0 Å². The van der Waals surface area contributed by atoms with Crippen LogP contribution in [0.15, 0.2) is 0 Å². The summed E-state index contributed by atoms with van der Waals surface area (Å²) in [5.74, 6) is -0.841. The maximum atomic E-state index is 10.8. The van der Waals surface area contributed by atoms with E-state index in [1.54, 1.807) is 0 Å². The van der Waals surface area contributed by atoms with Crippen molar-refractivity contribution in [2.45, 2.75) is 6.42 Å². The van der Waals surface area contributed by atoms with Crippen molar-refractivity contribution in [3.05, 3.63) is 0 Å². The molecule has 0 unspecified atom stereocenters. The Morgan fingerprint density at radius 2 is 2.00 bits per heavy atom. The number of hydrogen-bond acceptors (Lipinski definition) is 3. The summed E-state index contributed by atoms with van der Waals surface area (Å²) in [4.78, 5) is 10.5. The molecule has 2 N–H and O–H groups in total. The number of carbonyl (C=O) groups is 1. The first-order valence-corrected chi connectivity index (χ1v) is 14.0. The summed E-state index contributed by atoms with van der Waals surface area (Å²) in [6.45, 7) is 1.10. The van der Waals surface area contributed by atoms with Crippen LogP contribution in [0.4, 0.5) is 0 Å². The Kier molecular flexibility index (Phi) is 4.20. The van der Waals surface area contributed by atoms with Crippen molar-refractivity contribution in [3.63, 3.8) is 0 Å². The number of nitrogens with one attached hydrogen (secondary N) is 1. The Morgan fingerprint density at radius 3 is 2.40 bits per heavy atom. The summed E-state index contributed by atoms with van der Waals surface area (Å²) in [6, 6.07) is 0. The van der Waals surface area contributed by atoms with Crippen LogP contribution >= 0.6 is 0 Å². The second kappa shape index (κ2) is 4.72. The standard InChI is InChI=1S/C7H15N2O4S.Rf/c1-9(2,6-7(10)11)5-3-4-8-14(12)13;/h3-6H2,1-2H3,(H-,8,10,11,12,13);/p+1. The molecule has 0 aromatic heterocycles. The van der Waals surface area contributed by atoms with Gasteiger partial charge in [0.2, 0.25) is 0 Å². The van der Waals surface area contributed by atoms with Gasteiger partial charge in [0.05, 0.1) is 0 Å². The third-order valence-corrected chi connectivity index (χ3v) is 5.24. The molecule has 0 aliphatic heterocycles. The van der Waals surface area contributed by atoms with Crippen molar-refractivity contribution in [2.75, 3.05) is 33.7 Å². The molecule has 0 saturated carbocycles. The molecule has 0 aromatic carbocycles. The summed E-state index contributed by atoms with van der Waals surface area (Å²) >= 11 is 0. The molecular formula is C7H16N2O4RfS+. The zero-order valence-corrected chi connectivity index (χ0v) is 16.3. The molecule has 0 rings (SSSR count). The number of quaternary nitrogens is 1. The van der Waals surface area contributed by atoms with Gasteiger partial charge in [0.25, 0.3) is 0 Å². The van der Waals surface area contributed by atoms with E-state index in [4.69, 9.17) is 5.11 Å². The molecule has 0 heterocycles. The maximum absolute atomic E-state index is 10.8. The second-order valence-corrected chi connectivity index (χ2v) is 15.9. The van der Waals surface area contributed by atoms with E-state index >= 15 is 0 Å².